The number of aryl methyl sites for hydroxylation is 3. The van der Waals surface area contributed by atoms with Crippen molar-refractivity contribution in [3.8, 4) is 5.75 Å². The van der Waals surface area contributed by atoms with Gasteiger partial charge in [-0.1, -0.05) is 35.9 Å². The van der Waals surface area contributed by atoms with E-state index in [1.807, 2.05) is 63.2 Å². The average molecular weight is 395 g/mol. The van der Waals surface area contributed by atoms with Gasteiger partial charge in [0.2, 0.25) is 11.8 Å². The van der Waals surface area contributed by atoms with Gasteiger partial charge in [0, 0.05) is 18.7 Å². The maximum absolute atomic E-state index is 12.4. The molecule has 1 aliphatic heterocycles. The minimum absolute atomic E-state index is 0.106. The van der Waals surface area contributed by atoms with Crippen LogP contribution in [0.5, 0.6) is 5.75 Å². The quantitative estimate of drug-likeness (QED) is 0.760. The topological polar surface area (TPSA) is 87.7 Å². The molecule has 0 bridgehead atoms. The van der Waals surface area contributed by atoms with Crippen molar-refractivity contribution in [2.75, 3.05) is 18.1 Å². The first-order valence-corrected chi connectivity index (χ1v) is 9.50. The molecule has 29 heavy (non-hydrogen) atoms. The number of amides is 3. The first-order valence-electron chi connectivity index (χ1n) is 9.50. The van der Waals surface area contributed by atoms with Crippen LogP contribution in [0.3, 0.4) is 0 Å². The lowest BCUT2D eigenvalue weighted by Gasteiger charge is -2.17. The molecule has 2 aromatic carbocycles. The van der Waals surface area contributed by atoms with Gasteiger partial charge in [0.15, 0.2) is 6.61 Å². The van der Waals surface area contributed by atoms with E-state index >= 15 is 0 Å². The SMILES string of the molecule is Cc1ccc(N2C[C@@H](C(=O)NNC(=O)COc3c(C)cccc3C)CC2=O)cc1. The van der Waals surface area contributed by atoms with E-state index < -0.39 is 17.7 Å². The summed E-state index contributed by atoms with van der Waals surface area (Å²) in [6.45, 7) is 5.84. The van der Waals surface area contributed by atoms with Crippen molar-refractivity contribution in [3.05, 3.63) is 59.2 Å². The summed E-state index contributed by atoms with van der Waals surface area (Å²) < 4.78 is 5.56. The van der Waals surface area contributed by atoms with Crippen LogP contribution in [0.2, 0.25) is 0 Å². The van der Waals surface area contributed by atoms with E-state index in [4.69, 9.17) is 4.74 Å². The normalized spacial score (nSPS) is 15.9. The number of rotatable bonds is 5. The maximum Gasteiger partial charge on any atom is 0.276 e. The molecule has 152 valence electrons. The molecule has 0 radical (unpaired) electrons. The van der Waals surface area contributed by atoms with Gasteiger partial charge in [0.05, 0.1) is 5.92 Å². The van der Waals surface area contributed by atoms with Gasteiger partial charge < -0.3 is 9.64 Å². The van der Waals surface area contributed by atoms with Gasteiger partial charge in [0.1, 0.15) is 5.75 Å². The predicted octanol–water partition coefficient (Wildman–Crippen LogP) is 2.19. The van der Waals surface area contributed by atoms with E-state index in [1.165, 1.54) is 0 Å². The van der Waals surface area contributed by atoms with Crippen LogP contribution in [-0.4, -0.2) is 30.9 Å². The lowest BCUT2D eigenvalue weighted by atomic mass is 10.1. The Morgan fingerprint density at radius 3 is 2.34 bits per heavy atom. The van der Waals surface area contributed by atoms with Crippen LogP contribution in [-0.2, 0) is 14.4 Å². The monoisotopic (exact) mass is 395 g/mol. The van der Waals surface area contributed by atoms with Crippen molar-refractivity contribution in [1.82, 2.24) is 10.9 Å². The Labute approximate surface area is 170 Å². The van der Waals surface area contributed by atoms with Crippen LogP contribution in [0.1, 0.15) is 23.1 Å². The van der Waals surface area contributed by atoms with E-state index in [2.05, 4.69) is 10.9 Å². The number of nitrogens with one attached hydrogen (secondary N) is 2. The van der Waals surface area contributed by atoms with Gasteiger partial charge in [0.25, 0.3) is 5.91 Å². The van der Waals surface area contributed by atoms with Crippen molar-refractivity contribution in [3.63, 3.8) is 0 Å². The summed E-state index contributed by atoms with van der Waals surface area (Å²) in [5, 5.41) is 0. The van der Waals surface area contributed by atoms with Gasteiger partial charge >= 0.3 is 0 Å². The number of benzene rings is 2. The van der Waals surface area contributed by atoms with Gasteiger partial charge in [-0.25, -0.2) is 0 Å². The first kappa shape index (κ1) is 20.4. The summed E-state index contributed by atoms with van der Waals surface area (Å²) in [5.41, 5.74) is 8.48. The van der Waals surface area contributed by atoms with E-state index in [9.17, 15) is 14.4 Å². The molecule has 0 unspecified atom stereocenters. The van der Waals surface area contributed by atoms with Gasteiger partial charge in [-0.2, -0.15) is 0 Å². The minimum Gasteiger partial charge on any atom is -0.483 e. The number of carbonyl (C=O) groups excluding carboxylic acids is 3. The maximum atomic E-state index is 12.4. The summed E-state index contributed by atoms with van der Waals surface area (Å²) in [5.74, 6) is -0.847. The predicted molar refractivity (Wildman–Crippen MR) is 109 cm³/mol. The Kier molecular flexibility index (Phi) is 6.16. The second-order valence-electron chi connectivity index (χ2n) is 7.29. The first-order chi connectivity index (χ1) is 13.8. The van der Waals surface area contributed by atoms with Crippen LogP contribution in [0.4, 0.5) is 5.69 Å². The molecular weight excluding hydrogens is 370 g/mol. The highest BCUT2D eigenvalue weighted by Gasteiger charge is 2.35. The van der Waals surface area contributed by atoms with Crippen LogP contribution in [0, 0.1) is 26.7 Å². The van der Waals surface area contributed by atoms with Crippen LogP contribution >= 0.6 is 0 Å². The number of hydrazine groups is 1. The number of hydrogen-bond donors (Lipinski definition) is 2. The van der Waals surface area contributed by atoms with E-state index in [-0.39, 0.29) is 25.5 Å². The molecule has 2 aromatic rings. The van der Waals surface area contributed by atoms with Crippen molar-refractivity contribution < 1.29 is 19.1 Å². The Morgan fingerprint density at radius 1 is 1.03 bits per heavy atom. The zero-order chi connectivity index (χ0) is 21.0. The highest BCUT2D eigenvalue weighted by atomic mass is 16.5. The van der Waals surface area contributed by atoms with Crippen LogP contribution in [0.15, 0.2) is 42.5 Å². The number of para-hydroxylation sites is 1. The molecule has 0 aromatic heterocycles. The summed E-state index contributed by atoms with van der Waals surface area (Å²) in [6.07, 6.45) is 0.106. The molecule has 1 fully saturated rings. The van der Waals surface area contributed by atoms with Crippen LogP contribution in [0.25, 0.3) is 0 Å². The fourth-order valence-corrected chi connectivity index (χ4v) is 3.29. The molecule has 0 spiro atoms. The number of carbonyl (C=O) groups is 3. The number of anilines is 1. The summed E-state index contributed by atoms with van der Waals surface area (Å²) in [6, 6.07) is 13.3. The Balaban J connectivity index is 1.48. The third-order valence-corrected chi connectivity index (χ3v) is 4.92. The van der Waals surface area contributed by atoms with Gasteiger partial charge in [-0.15, -0.1) is 0 Å². The standard InChI is InChI=1S/C22H25N3O4/c1-14-7-9-18(10-8-14)25-12-17(11-20(25)27)22(28)24-23-19(26)13-29-21-15(2)5-4-6-16(21)3/h4-10,17H,11-13H2,1-3H3,(H,23,26)(H,24,28)/t17-/m0/s1. The largest absolute Gasteiger partial charge is 0.483 e. The smallest absolute Gasteiger partial charge is 0.276 e. The second-order valence-corrected chi connectivity index (χ2v) is 7.29. The van der Waals surface area contributed by atoms with Crippen LogP contribution < -0.4 is 20.5 Å². The van der Waals surface area contributed by atoms with Crippen molar-refractivity contribution in [2.24, 2.45) is 5.92 Å². The third kappa shape index (κ3) is 4.93. The molecule has 1 aliphatic rings. The zero-order valence-corrected chi connectivity index (χ0v) is 16.8. The lowest BCUT2D eigenvalue weighted by molar-refractivity contribution is -0.132. The van der Waals surface area contributed by atoms with Crippen molar-refractivity contribution in [1.29, 1.82) is 0 Å². The molecule has 0 saturated carbocycles. The number of hydrogen-bond acceptors (Lipinski definition) is 4. The average Bonchev–Trinajstić information content (AvgIpc) is 3.08. The molecular formula is C22H25N3O4. The summed E-state index contributed by atoms with van der Waals surface area (Å²) >= 11 is 0. The molecule has 1 heterocycles. The second kappa shape index (κ2) is 8.77. The third-order valence-electron chi connectivity index (χ3n) is 4.92. The zero-order valence-electron chi connectivity index (χ0n) is 16.8. The molecule has 3 amide bonds. The molecule has 0 aliphatic carbocycles. The molecule has 1 saturated heterocycles. The fraction of sp³-hybridized carbons (Fsp3) is 0.318. The molecule has 2 N–H and O–H groups in total. The lowest BCUT2D eigenvalue weighted by Crippen LogP contribution is -2.46. The minimum atomic E-state index is -0.524. The summed E-state index contributed by atoms with van der Waals surface area (Å²) in [7, 11) is 0. The Hall–Kier alpha value is -3.35. The molecule has 7 heteroatoms. The van der Waals surface area contributed by atoms with Crippen molar-refractivity contribution >= 4 is 23.4 Å². The number of ether oxygens (including phenoxy) is 1. The molecule has 7 nitrogen and oxygen atoms in total. The number of nitrogens with zero attached hydrogens (tertiary/aromatic N) is 1. The van der Waals surface area contributed by atoms with E-state index in [0.717, 1.165) is 22.4 Å². The summed E-state index contributed by atoms with van der Waals surface area (Å²) in [4.78, 5) is 38.2. The molecule has 3 rings (SSSR count). The Bertz CT molecular complexity index is 904. The molecule has 1 atom stereocenters. The Morgan fingerprint density at radius 2 is 1.69 bits per heavy atom. The van der Waals surface area contributed by atoms with Gasteiger partial charge in [-0.3, -0.25) is 25.2 Å². The van der Waals surface area contributed by atoms with Gasteiger partial charge in [-0.05, 0) is 44.0 Å². The van der Waals surface area contributed by atoms with E-state index in [0.29, 0.717) is 5.75 Å². The highest BCUT2D eigenvalue weighted by molar-refractivity contribution is 6.00. The van der Waals surface area contributed by atoms with E-state index in [1.54, 1.807) is 4.90 Å². The van der Waals surface area contributed by atoms with Crippen molar-refractivity contribution in [2.45, 2.75) is 27.2 Å². The highest BCUT2D eigenvalue weighted by Crippen LogP contribution is 2.25. The fourth-order valence-electron chi connectivity index (χ4n) is 3.29.